The maximum Gasteiger partial charge on any atom is 0.255 e. The summed E-state index contributed by atoms with van der Waals surface area (Å²) in [5.41, 5.74) is 4.33. The molecule has 1 unspecified atom stereocenters. The largest absolute Gasteiger partial charge is 0.328 e. The minimum absolute atomic E-state index is 0.305. The van der Waals surface area contributed by atoms with Crippen LogP contribution in [0, 0.1) is 12.7 Å². The Bertz CT molecular complexity index is 1360. The zero-order chi connectivity index (χ0) is 22.9. The summed E-state index contributed by atoms with van der Waals surface area (Å²) in [4.78, 5) is 22.1. The third kappa shape index (κ3) is 3.87. The van der Waals surface area contributed by atoms with E-state index >= 15 is 0 Å². The predicted molar refractivity (Wildman–Crippen MR) is 124 cm³/mol. The molecular weight excluding hydrogens is 419 g/mol. The quantitative estimate of drug-likeness (QED) is 0.480. The Hall–Kier alpha value is -4.33. The van der Waals surface area contributed by atoms with E-state index in [4.69, 9.17) is 10.1 Å². The number of hydrogen-bond donors (Lipinski definition) is 2. The number of halogens is 1. The van der Waals surface area contributed by atoms with Crippen LogP contribution < -0.4 is 10.6 Å². The molecular formula is C25H21FN6O. The third-order valence-electron chi connectivity index (χ3n) is 5.59. The number of carbonyl (C=O) groups is 1. The van der Waals surface area contributed by atoms with Gasteiger partial charge in [0.05, 0.1) is 17.5 Å². The van der Waals surface area contributed by atoms with Crippen molar-refractivity contribution < 1.29 is 9.18 Å². The summed E-state index contributed by atoms with van der Waals surface area (Å²) < 4.78 is 15.4. The lowest BCUT2D eigenvalue weighted by Crippen LogP contribution is -2.31. The minimum atomic E-state index is -0.594. The maximum absolute atomic E-state index is 13.7. The molecule has 1 atom stereocenters. The predicted octanol–water partition coefficient (Wildman–Crippen LogP) is 4.72. The number of rotatable bonds is 4. The van der Waals surface area contributed by atoms with E-state index in [1.807, 2.05) is 38.1 Å². The molecule has 164 valence electrons. The van der Waals surface area contributed by atoms with E-state index in [-0.39, 0.29) is 11.7 Å². The van der Waals surface area contributed by atoms with Crippen LogP contribution in [-0.2, 0) is 4.79 Å². The molecule has 33 heavy (non-hydrogen) atoms. The Morgan fingerprint density at radius 3 is 2.58 bits per heavy atom. The van der Waals surface area contributed by atoms with Gasteiger partial charge < -0.3 is 10.6 Å². The monoisotopic (exact) mass is 440 g/mol. The fourth-order valence-electron chi connectivity index (χ4n) is 3.97. The van der Waals surface area contributed by atoms with Crippen molar-refractivity contribution in [3.63, 3.8) is 0 Å². The van der Waals surface area contributed by atoms with E-state index in [1.165, 1.54) is 12.1 Å². The highest BCUT2D eigenvalue weighted by molar-refractivity contribution is 6.05. The van der Waals surface area contributed by atoms with Gasteiger partial charge in [-0.2, -0.15) is 4.98 Å². The Morgan fingerprint density at radius 2 is 1.85 bits per heavy atom. The summed E-state index contributed by atoms with van der Waals surface area (Å²) in [6.07, 6.45) is 3.21. The molecule has 1 aliphatic heterocycles. The van der Waals surface area contributed by atoms with Crippen molar-refractivity contribution in [3.05, 3.63) is 101 Å². The number of benzene rings is 2. The highest BCUT2D eigenvalue weighted by atomic mass is 19.1. The van der Waals surface area contributed by atoms with Gasteiger partial charge in [0.2, 0.25) is 5.95 Å². The van der Waals surface area contributed by atoms with Gasteiger partial charge in [-0.3, -0.25) is 9.78 Å². The summed E-state index contributed by atoms with van der Waals surface area (Å²) in [7, 11) is 0. The number of allylic oxidation sites excluding steroid dienone is 1. The van der Waals surface area contributed by atoms with Gasteiger partial charge in [-0.25, -0.2) is 9.07 Å². The second kappa shape index (κ2) is 8.31. The molecule has 0 aliphatic carbocycles. The van der Waals surface area contributed by atoms with Crippen molar-refractivity contribution in [1.82, 2.24) is 19.7 Å². The van der Waals surface area contributed by atoms with E-state index in [0.29, 0.717) is 28.7 Å². The molecule has 7 nitrogen and oxygen atoms in total. The van der Waals surface area contributed by atoms with Crippen LogP contribution in [0.5, 0.6) is 0 Å². The molecule has 0 saturated carbocycles. The normalized spacial score (nSPS) is 15.1. The average Bonchev–Trinajstić information content (AvgIpc) is 3.23. The molecule has 2 aromatic heterocycles. The summed E-state index contributed by atoms with van der Waals surface area (Å²) in [6.45, 7) is 3.82. The first-order valence-electron chi connectivity index (χ1n) is 10.5. The molecule has 0 bridgehead atoms. The maximum atomic E-state index is 13.7. The van der Waals surface area contributed by atoms with Crippen molar-refractivity contribution >= 4 is 17.5 Å². The highest BCUT2D eigenvalue weighted by Crippen LogP contribution is 2.37. The van der Waals surface area contributed by atoms with Crippen LogP contribution in [0.2, 0.25) is 0 Å². The van der Waals surface area contributed by atoms with Gasteiger partial charge in [0.1, 0.15) is 11.9 Å². The van der Waals surface area contributed by atoms with Gasteiger partial charge in [-0.15, -0.1) is 5.10 Å². The van der Waals surface area contributed by atoms with Crippen LogP contribution in [0.1, 0.15) is 24.1 Å². The van der Waals surface area contributed by atoms with E-state index in [2.05, 4.69) is 15.6 Å². The average molecular weight is 440 g/mol. The third-order valence-corrected chi connectivity index (χ3v) is 5.59. The fourth-order valence-corrected chi connectivity index (χ4v) is 3.97. The van der Waals surface area contributed by atoms with Crippen LogP contribution in [0.15, 0.2) is 84.3 Å². The molecule has 2 N–H and O–H groups in total. The molecule has 2 aromatic carbocycles. The second-order valence-corrected chi connectivity index (χ2v) is 7.83. The lowest BCUT2D eigenvalue weighted by Gasteiger charge is -2.28. The number of aryl methyl sites for hydroxylation is 1. The van der Waals surface area contributed by atoms with Crippen LogP contribution in [-0.4, -0.2) is 25.7 Å². The van der Waals surface area contributed by atoms with Gasteiger partial charge >= 0.3 is 0 Å². The summed E-state index contributed by atoms with van der Waals surface area (Å²) in [5.74, 6) is 0.400. The Balaban J connectivity index is 1.62. The van der Waals surface area contributed by atoms with Crippen molar-refractivity contribution in [2.75, 3.05) is 10.6 Å². The molecule has 0 spiro atoms. The summed E-state index contributed by atoms with van der Waals surface area (Å²) in [5, 5.41) is 10.9. The molecule has 5 rings (SSSR count). The fraction of sp³-hybridized carbons (Fsp3) is 0.120. The number of fused-ring (bicyclic) bond motifs is 1. The van der Waals surface area contributed by atoms with E-state index < -0.39 is 6.04 Å². The summed E-state index contributed by atoms with van der Waals surface area (Å²) >= 11 is 0. The van der Waals surface area contributed by atoms with Gasteiger partial charge in [0.25, 0.3) is 5.91 Å². The number of nitrogens with zero attached hydrogens (tertiary/aromatic N) is 4. The molecule has 0 radical (unpaired) electrons. The number of amides is 1. The number of pyridine rings is 1. The number of aromatic nitrogens is 4. The number of hydrogen-bond acceptors (Lipinski definition) is 5. The van der Waals surface area contributed by atoms with Crippen molar-refractivity contribution in [3.8, 4) is 11.4 Å². The van der Waals surface area contributed by atoms with Crippen LogP contribution >= 0.6 is 0 Å². The number of carbonyl (C=O) groups excluding carboxylic acids is 1. The van der Waals surface area contributed by atoms with Gasteiger partial charge in [-0.05, 0) is 49.2 Å². The van der Waals surface area contributed by atoms with Crippen molar-refractivity contribution in [1.29, 1.82) is 0 Å². The molecule has 1 aliphatic rings. The summed E-state index contributed by atoms with van der Waals surface area (Å²) in [6, 6.07) is 16.8. The SMILES string of the molecule is CC1=C(C(=O)Nc2cccnc2)C(c2ccc(F)cc2)n2nc(-c3ccccc3C)nc2N1. The number of anilines is 2. The molecule has 0 fully saturated rings. The van der Waals surface area contributed by atoms with Crippen LogP contribution in [0.25, 0.3) is 11.4 Å². The molecule has 4 aromatic rings. The van der Waals surface area contributed by atoms with Crippen LogP contribution in [0.3, 0.4) is 0 Å². The van der Waals surface area contributed by atoms with E-state index in [9.17, 15) is 9.18 Å². The van der Waals surface area contributed by atoms with Gasteiger partial charge in [-0.1, -0.05) is 36.4 Å². The first-order valence-corrected chi connectivity index (χ1v) is 10.5. The first-order chi connectivity index (χ1) is 16.0. The highest BCUT2D eigenvalue weighted by Gasteiger charge is 2.34. The van der Waals surface area contributed by atoms with Crippen molar-refractivity contribution in [2.45, 2.75) is 19.9 Å². The molecule has 0 saturated heterocycles. The second-order valence-electron chi connectivity index (χ2n) is 7.83. The Labute approximate surface area is 190 Å². The Kier molecular flexibility index (Phi) is 5.18. The van der Waals surface area contributed by atoms with Crippen molar-refractivity contribution in [2.24, 2.45) is 0 Å². The molecule has 1 amide bonds. The van der Waals surface area contributed by atoms with Gasteiger partial charge in [0, 0.05) is 17.5 Å². The van der Waals surface area contributed by atoms with Crippen LogP contribution in [0.4, 0.5) is 16.0 Å². The lowest BCUT2D eigenvalue weighted by atomic mass is 9.95. The van der Waals surface area contributed by atoms with E-state index in [1.54, 1.807) is 41.3 Å². The van der Waals surface area contributed by atoms with Gasteiger partial charge in [0.15, 0.2) is 5.82 Å². The first kappa shape index (κ1) is 20.6. The Morgan fingerprint density at radius 1 is 1.06 bits per heavy atom. The number of nitrogens with one attached hydrogen (secondary N) is 2. The molecule has 3 heterocycles. The standard InChI is InChI=1S/C25H21FN6O/c1-15-6-3-4-8-20(15)23-30-25-28-16(2)21(24(33)29-19-7-5-13-27-14-19)22(32(25)31-23)17-9-11-18(26)12-10-17/h3-14,22H,1-2H3,(H,29,33)(H,28,30,31). The lowest BCUT2D eigenvalue weighted by molar-refractivity contribution is -0.113. The smallest absolute Gasteiger partial charge is 0.255 e. The topological polar surface area (TPSA) is 84.7 Å². The zero-order valence-corrected chi connectivity index (χ0v) is 18.1. The minimum Gasteiger partial charge on any atom is -0.328 e. The molecule has 8 heteroatoms. The zero-order valence-electron chi connectivity index (χ0n) is 18.1. The van der Waals surface area contributed by atoms with E-state index in [0.717, 1.165) is 16.7 Å².